The zero-order valence-corrected chi connectivity index (χ0v) is 12.5. The van der Waals surface area contributed by atoms with Crippen molar-refractivity contribution in [2.75, 3.05) is 13.1 Å². The van der Waals surface area contributed by atoms with Crippen LogP contribution in [0.2, 0.25) is 0 Å². The SMILES string of the molecule is CC(C)C(CN)C(=O)NCCc1cccc(Br)c1. The average Bonchev–Trinajstić information content (AvgIpc) is 2.29. The smallest absolute Gasteiger partial charge is 0.224 e. The lowest BCUT2D eigenvalue weighted by atomic mass is 9.95. The van der Waals surface area contributed by atoms with Gasteiger partial charge in [-0.15, -0.1) is 0 Å². The lowest BCUT2D eigenvalue weighted by Gasteiger charge is -2.18. The van der Waals surface area contributed by atoms with E-state index in [1.54, 1.807) is 0 Å². The second-order valence-electron chi connectivity index (χ2n) is 4.76. The Bertz CT molecular complexity index is 393. The van der Waals surface area contributed by atoms with E-state index in [2.05, 4.69) is 33.4 Å². The molecular formula is C14H21BrN2O. The number of hydrogen-bond acceptors (Lipinski definition) is 2. The Balaban J connectivity index is 2.40. The molecule has 0 radical (unpaired) electrons. The molecule has 0 aliphatic carbocycles. The summed E-state index contributed by atoms with van der Waals surface area (Å²) < 4.78 is 1.06. The quantitative estimate of drug-likeness (QED) is 0.847. The highest BCUT2D eigenvalue weighted by Crippen LogP contribution is 2.12. The molecular weight excluding hydrogens is 292 g/mol. The lowest BCUT2D eigenvalue weighted by molar-refractivity contribution is -0.125. The fourth-order valence-electron chi connectivity index (χ4n) is 1.84. The molecule has 0 aliphatic heterocycles. The normalized spacial score (nSPS) is 12.5. The number of carbonyl (C=O) groups is 1. The number of rotatable bonds is 6. The van der Waals surface area contributed by atoms with Crippen LogP contribution in [0.5, 0.6) is 0 Å². The monoisotopic (exact) mass is 312 g/mol. The Morgan fingerprint density at radius 3 is 2.72 bits per heavy atom. The molecule has 0 aliphatic rings. The highest BCUT2D eigenvalue weighted by molar-refractivity contribution is 9.10. The summed E-state index contributed by atoms with van der Waals surface area (Å²) >= 11 is 3.43. The van der Waals surface area contributed by atoms with Crippen LogP contribution in [-0.4, -0.2) is 19.0 Å². The van der Waals surface area contributed by atoms with Crippen molar-refractivity contribution in [2.24, 2.45) is 17.6 Å². The fourth-order valence-corrected chi connectivity index (χ4v) is 2.28. The third-order valence-electron chi connectivity index (χ3n) is 3.00. The number of amides is 1. The molecule has 0 aromatic heterocycles. The number of nitrogens with two attached hydrogens (primary N) is 1. The molecule has 0 heterocycles. The summed E-state index contributed by atoms with van der Waals surface area (Å²) in [6.45, 7) is 5.09. The number of halogens is 1. The predicted molar refractivity (Wildman–Crippen MR) is 78.2 cm³/mol. The summed E-state index contributed by atoms with van der Waals surface area (Å²) in [5, 5.41) is 2.95. The minimum atomic E-state index is -0.0903. The summed E-state index contributed by atoms with van der Waals surface area (Å²) in [7, 11) is 0. The van der Waals surface area contributed by atoms with Gasteiger partial charge >= 0.3 is 0 Å². The van der Waals surface area contributed by atoms with Gasteiger partial charge in [-0.3, -0.25) is 4.79 Å². The van der Waals surface area contributed by atoms with E-state index < -0.39 is 0 Å². The molecule has 18 heavy (non-hydrogen) atoms. The average molecular weight is 313 g/mol. The molecule has 1 rings (SSSR count). The van der Waals surface area contributed by atoms with E-state index in [0.717, 1.165) is 10.9 Å². The van der Waals surface area contributed by atoms with Crippen LogP contribution in [0.3, 0.4) is 0 Å². The molecule has 1 atom stereocenters. The van der Waals surface area contributed by atoms with E-state index in [1.807, 2.05) is 26.0 Å². The standard InChI is InChI=1S/C14H21BrN2O/c1-10(2)13(9-16)14(18)17-7-6-11-4-3-5-12(15)8-11/h3-5,8,10,13H,6-7,9,16H2,1-2H3,(H,17,18). The van der Waals surface area contributed by atoms with E-state index in [0.29, 0.717) is 13.1 Å². The number of carbonyl (C=O) groups excluding carboxylic acids is 1. The summed E-state index contributed by atoms with van der Waals surface area (Å²) in [5.41, 5.74) is 6.82. The van der Waals surface area contributed by atoms with Crippen molar-refractivity contribution in [2.45, 2.75) is 20.3 Å². The van der Waals surface area contributed by atoms with Gasteiger partial charge in [0.25, 0.3) is 0 Å². The van der Waals surface area contributed by atoms with E-state index >= 15 is 0 Å². The summed E-state index contributed by atoms with van der Waals surface area (Å²) in [4.78, 5) is 11.9. The molecule has 0 bridgehead atoms. The zero-order valence-electron chi connectivity index (χ0n) is 10.9. The molecule has 100 valence electrons. The maximum Gasteiger partial charge on any atom is 0.224 e. The zero-order chi connectivity index (χ0) is 13.5. The molecule has 0 saturated heterocycles. The fraction of sp³-hybridized carbons (Fsp3) is 0.500. The predicted octanol–water partition coefficient (Wildman–Crippen LogP) is 2.34. The maximum atomic E-state index is 11.9. The van der Waals surface area contributed by atoms with Crippen molar-refractivity contribution in [3.05, 3.63) is 34.3 Å². The van der Waals surface area contributed by atoms with Crippen molar-refractivity contribution >= 4 is 21.8 Å². The molecule has 1 aromatic carbocycles. The first-order valence-corrected chi connectivity index (χ1v) is 7.06. The van der Waals surface area contributed by atoms with Gasteiger partial charge in [-0.25, -0.2) is 0 Å². The second kappa shape index (κ2) is 7.54. The van der Waals surface area contributed by atoms with Gasteiger partial charge in [0.05, 0.1) is 5.92 Å². The molecule has 1 unspecified atom stereocenters. The van der Waals surface area contributed by atoms with E-state index in [1.165, 1.54) is 5.56 Å². The highest BCUT2D eigenvalue weighted by atomic mass is 79.9. The molecule has 0 saturated carbocycles. The van der Waals surface area contributed by atoms with Crippen molar-refractivity contribution in [1.82, 2.24) is 5.32 Å². The third-order valence-corrected chi connectivity index (χ3v) is 3.49. The molecule has 3 nitrogen and oxygen atoms in total. The van der Waals surface area contributed by atoms with Gasteiger partial charge in [0.1, 0.15) is 0 Å². The minimum Gasteiger partial charge on any atom is -0.355 e. The van der Waals surface area contributed by atoms with Gasteiger partial charge in [0.2, 0.25) is 5.91 Å². The first kappa shape index (κ1) is 15.2. The van der Waals surface area contributed by atoms with Crippen molar-refractivity contribution < 1.29 is 4.79 Å². The Kier molecular flexibility index (Phi) is 6.36. The Hall–Kier alpha value is -0.870. The van der Waals surface area contributed by atoms with E-state index in [4.69, 9.17) is 5.73 Å². The molecule has 0 fully saturated rings. The van der Waals surface area contributed by atoms with Crippen LogP contribution in [0.4, 0.5) is 0 Å². The third kappa shape index (κ3) is 4.78. The van der Waals surface area contributed by atoms with Crippen molar-refractivity contribution in [1.29, 1.82) is 0 Å². The van der Waals surface area contributed by atoms with Gasteiger partial charge in [0.15, 0.2) is 0 Å². The maximum absolute atomic E-state index is 11.9. The van der Waals surface area contributed by atoms with Crippen LogP contribution >= 0.6 is 15.9 Å². The van der Waals surface area contributed by atoms with Gasteiger partial charge in [-0.1, -0.05) is 41.9 Å². The Labute approximate surface area is 117 Å². The van der Waals surface area contributed by atoms with Crippen LogP contribution < -0.4 is 11.1 Å². The van der Waals surface area contributed by atoms with Crippen LogP contribution in [0, 0.1) is 11.8 Å². The Morgan fingerprint density at radius 2 is 2.17 bits per heavy atom. The van der Waals surface area contributed by atoms with Crippen molar-refractivity contribution in [3.8, 4) is 0 Å². The van der Waals surface area contributed by atoms with Crippen LogP contribution in [0.1, 0.15) is 19.4 Å². The highest BCUT2D eigenvalue weighted by Gasteiger charge is 2.19. The molecule has 0 spiro atoms. The van der Waals surface area contributed by atoms with Gasteiger partial charge in [0, 0.05) is 17.6 Å². The molecule has 4 heteroatoms. The summed E-state index contributed by atoms with van der Waals surface area (Å²) in [6, 6.07) is 8.11. The number of benzene rings is 1. The molecule has 3 N–H and O–H groups in total. The van der Waals surface area contributed by atoms with Crippen LogP contribution in [0.25, 0.3) is 0 Å². The Morgan fingerprint density at radius 1 is 1.44 bits per heavy atom. The largest absolute Gasteiger partial charge is 0.355 e. The van der Waals surface area contributed by atoms with Gasteiger partial charge in [-0.05, 0) is 30.0 Å². The summed E-state index contributed by atoms with van der Waals surface area (Å²) in [6.07, 6.45) is 0.834. The van der Waals surface area contributed by atoms with Gasteiger partial charge < -0.3 is 11.1 Å². The topological polar surface area (TPSA) is 55.1 Å². The first-order chi connectivity index (χ1) is 8.54. The van der Waals surface area contributed by atoms with Gasteiger partial charge in [-0.2, -0.15) is 0 Å². The van der Waals surface area contributed by atoms with E-state index in [-0.39, 0.29) is 17.7 Å². The van der Waals surface area contributed by atoms with E-state index in [9.17, 15) is 4.79 Å². The molecule has 1 aromatic rings. The number of nitrogens with one attached hydrogen (secondary N) is 1. The first-order valence-electron chi connectivity index (χ1n) is 6.26. The molecule has 1 amide bonds. The van der Waals surface area contributed by atoms with Crippen LogP contribution in [-0.2, 0) is 11.2 Å². The number of hydrogen-bond donors (Lipinski definition) is 2. The summed E-state index contributed by atoms with van der Waals surface area (Å²) in [5.74, 6) is 0.246. The lowest BCUT2D eigenvalue weighted by Crippen LogP contribution is -2.38. The minimum absolute atomic E-state index is 0.0579. The van der Waals surface area contributed by atoms with Crippen molar-refractivity contribution in [3.63, 3.8) is 0 Å². The van der Waals surface area contributed by atoms with Crippen LogP contribution in [0.15, 0.2) is 28.7 Å². The second-order valence-corrected chi connectivity index (χ2v) is 5.67.